The van der Waals surface area contributed by atoms with Crippen molar-refractivity contribution >= 4 is 0 Å². The average molecular weight is 200 g/mol. The highest BCUT2D eigenvalue weighted by molar-refractivity contribution is 4.83. The van der Waals surface area contributed by atoms with E-state index in [4.69, 9.17) is 0 Å². The monoisotopic (exact) mass is 200 g/mol. The predicted molar refractivity (Wildman–Crippen MR) is 59.4 cm³/mol. The second kappa shape index (κ2) is 5.69. The van der Waals surface area contributed by atoms with Gasteiger partial charge < -0.3 is 15.3 Å². The third-order valence-electron chi connectivity index (χ3n) is 2.80. The van der Waals surface area contributed by atoms with E-state index in [-0.39, 0.29) is 12.1 Å². The molecule has 0 aromatic heterocycles. The van der Waals surface area contributed by atoms with E-state index < -0.39 is 0 Å². The number of rotatable bonds is 4. The van der Waals surface area contributed by atoms with Crippen LogP contribution in [0.25, 0.3) is 0 Å². The lowest BCUT2D eigenvalue weighted by atomic mass is 10.1. The van der Waals surface area contributed by atoms with Gasteiger partial charge >= 0.3 is 0 Å². The Kier molecular flexibility index (Phi) is 4.85. The van der Waals surface area contributed by atoms with Crippen molar-refractivity contribution < 1.29 is 5.11 Å². The summed E-state index contributed by atoms with van der Waals surface area (Å²) in [6.45, 7) is 10.8. The van der Waals surface area contributed by atoms with E-state index in [2.05, 4.69) is 24.1 Å². The molecular formula is C11H24N2O. The van der Waals surface area contributed by atoms with Crippen LogP contribution in [0.4, 0.5) is 0 Å². The number of hydrogen-bond donors (Lipinski definition) is 2. The molecule has 3 heteroatoms. The molecule has 3 nitrogen and oxygen atoms in total. The molecule has 0 aromatic rings. The molecule has 1 heterocycles. The third kappa shape index (κ3) is 3.56. The maximum absolute atomic E-state index is 9.75. The van der Waals surface area contributed by atoms with E-state index in [1.807, 2.05) is 6.92 Å². The van der Waals surface area contributed by atoms with Crippen molar-refractivity contribution in [2.75, 3.05) is 26.2 Å². The Morgan fingerprint density at radius 3 is 2.79 bits per heavy atom. The average Bonchev–Trinajstić information content (AvgIpc) is 2.16. The van der Waals surface area contributed by atoms with E-state index in [1.54, 1.807) is 0 Å². The Labute approximate surface area is 87.5 Å². The van der Waals surface area contributed by atoms with Crippen LogP contribution in [0.3, 0.4) is 0 Å². The normalized spacial score (nSPS) is 26.8. The van der Waals surface area contributed by atoms with Crippen molar-refractivity contribution in [2.24, 2.45) is 5.92 Å². The summed E-state index contributed by atoms with van der Waals surface area (Å²) in [5.41, 5.74) is 0. The first kappa shape index (κ1) is 12.0. The summed E-state index contributed by atoms with van der Waals surface area (Å²) < 4.78 is 0. The standard InChI is InChI=1S/C11H24N2O/c1-4-11(14)10-8-13(6-5-12-10)7-9(2)3/h9-12,14H,4-8H2,1-3H3/t10?,11-/m0/s1. The van der Waals surface area contributed by atoms with Gasteiger partial charge in [-0.25, -0.2) is 0 Å². The highest BCUT2D eigenvalue weighted by Gasteiger charge is 2.24. The summed E-state index contributed by atoms with van der Waals surface area (Å²) in [5, 5.41) is 13.1. The number of aliphatic hydroxyl groups is 1. The van der Waals surface area contributed by atoms with Gasteiger partial charge in [0, 0.05) is 32.2 Å². The van der Waals surface area contributed by atoms with Crippen LogP contribution >= 0.6 is 0 Å². The molecule has 0 amide bonds. The van der Waals surface area contributed by atoms with Crippen molar-refractivity contribution in [3.05, 3.63) is 0 Å². The fraction of sp³-hybridized carbons (Fsp3) is 1.00. The molecule has 0 saturated carbocycles. The minimum Gasteiger partial charge on any atom is -0.391 e. The van der Waals surface area contributed by atoms with Crippen LogP contribution in [0, 0.1) is 5.92 Å². The van der Waals surface area contributed by atoms with Gasteiger partial charge in [0.1, 0.15) is 0 Å². The number of aliphatic hydroxyl groups excluding tert-OH is 1. The van der Waals surface area contributed by atoms with Crippen molar-refractivity contribution in [3.63, 3.8) is 0 Å². The van der Waals surface area contributed by atoms with Gasteiger partial charge in [-0.05, 0) is 12.3 Å². The molecule has 1 rings (SSSR count). The quantitative estimate of drug-likeness (QED) is 0.701. The Morgan fingerprint density at radius 1 is 1.50 bits per heavy atom. The molecule has 84 valence electrons. The second-order valence-corrected chi connectivity index (χ2v) is 4.69. The van der Waals surface area contributed by atoms with E-state index >= 15 is 0 Å². The fourth-order valence-electron chi connectivity index (χ4n) is 2.07. The Balaban J connectivity index is 2.35. The summed E-state index contributed by atoms with van der Waals surface area (Å²) in [4.78, 5) is 2.45. The predicted octanol–water partition coefficient (Wildman–Crippen LogP) is 0.687. The molecule has 1 unspecified atom stereocenters. The molecule has 0 aliphatic carbocycles. The third-order valence-corrected chi connectivity index (χ3v) is 2.80. The van der Waals surface area contributed by atoms with Crippen LogP contribution in [0.2, 0.25) is 0 Å². The largest absolute Gasteiger partial charge is 0.391 e. The van der Waals surface area contributed by atoms with Crippen molar-refractivity contribution in [1.29, 1.82) is 0 Å². The van der Waals surface area contributed by atoms with Gasteiger partial charge in [-0.3, -0.25) is 0 Å². The summed E-state index contributed by atoms with van der Waals surface area (Å²) in [7, 11) is 0. The second-order valence-electron chi connectivity index (χ2n) is 4.69. The van der Waals surface area contributed by atoms with Crippen LogP contribution in [-0.4, -0.2) is 48.3 Å². The SMILES string of the molecule is CC[C@H](O)C1CN(CC(C)C)CCN1. The number of hydrogen-bond acceptors (Lipinski definition) is 3. The zero-order valence-electron chi connectivity index (χ0n) is 9.66. The lowest BCUT2D eigenvalue weighted by molar-refractivity contribution is 0.0729. The smallest absolute Gasteiger partial charge is 0.0703 e. The summed E-state index contributed by atoms with van der Waals surface area (Å²) in [5.74, 6) is 0.715. The van der Waals surface area contributed by atoms with E-state index in [1.165, 1.54) is 0 Å². The van der Waals surface area contributed by atoms with Gasteiger partial charge in [-0.2, -0.15) is 0 Å². The molecular weight excluding hydrogens is 176 g/mol. The van der Waals surface area contributed by atoms with Gasteiger partial charge in [0.05, 0.1) is 6.10 Å². The fourth-order valence-corrected chi connectivity index (χ4v) is 2.07. The minimum absolute atomic E-state index is 0.190. The molecule has 1 fully saturated rings. The molecule has 2 atom stereocenters. The maximum Gasteiger partial charge on any atom is 0.0703 e. The van der Waals surface area contributed by atoms with E-state index in [0.29, 0.717) is 5.92 Å². The van der Waals surface area contributed by atoms with Gasteiger partial charge in [-0.1, -0.05) is 20.8 Å². The highest BCUT2D eigenvalue weighted by atomic mass is 16.3. The number of nitrogens with one attached hydrogen (secondary N) is 1. The van der Waals surface area contributed by atoms with Crippen molar-refractivity contribution in [3.8, 4) is 0 Å². The summed E-state index contributed by atoms with van der Waals surface area (Å²) in [6.07, 6.45) is 0.651. The first-order valence-corrected chi connectivity index (χ1v) is 5.77. The number of piperazine rings is 1. The highest BCUT2D eigenvalue weighted by Crippen LogP contribution is 2.08. The molecule has 0 bridgehead atoms. The van der Waals surface area contributed by atoms with Gasteiger partial charge in [-0.15, -0.1) is 0 Å². The summed E-state index contributed by atoms with van der Waals surface area (Å²) in [6, 6.07) is 0.271. The molecule has 0 aromatic carbocycles. The van der Waals surface area contributed by atoms with Crippen molar-refractivity contribution in [1.82, 2.24) is 10.2 Å². The molecule has 2 N–H and O–H groups in total. The van der Waals surface area contributed by atoms with Crippen LogP contribution < -0.4 is 5.32 Å². The number of nitrogens with zero attached hydrogens (tertiary/aromatic N) is 1. The van der Waals surface area contributed by atoms with Crippen LogP contribution in [-0.2, 0) is 0 Å². The minimum atomic E-state index is -0.190. The van der Waals surface area contributed by atoms with Gasteiger partial charge in [0.25, 0.3) is 0 Å². The molecule has 1 aliphatic rings. The Bertz CT molecular complexity index is 161. The maximum atomic E-state index is 9.75. The molecule has 1 saturated heterocycles. The van der Waals surface area contributed by atoms with Crippen molar-refractivity contribution in [2.45, 2.75) is 39.3 Å². The lowest BCUT2D eigenvalue weighted by Gasteiger charge is -2.36. The van der Waals surface area contributed by atoms with Crippen LogP contribution in [0.1, 0.15) is 27.2 Å². The lowest BCUT2D eigenvalue weighted by Crippen LogP contribution is -2.55. The van der Waals surface area contributed by atoms with Gasteiger partial charge in [0.2, 0.25) is 0 Å². The van der Waals surface area contributed by atoms with E-state index in [0.717, 1.165) is 32.6 Å². The Morgan fingerprint density at radius 2 is 2.21 bits per heavy atom. The molecule has 14 heavy (non-hydrogen) atoms. The van der Waals surface area contributed by atoms with Crippen LogP contribution in [0.15, 0.2) is 0 Å². The first-order valence-electron chi connectivity index (χ1n) is 5.77. The molecule has 0 spiro atoms. The summed E-state index contributed by atoms with van der Waals surface area (Å²) >= 11 is 0. The zero-order chi connectivity index (χ0) is 10.6. The van der Waals surface area contributed by atoms with Gasteiger partial charge in [0.15, 0.2) is 0 Å². The first-order chi connectivity index (χ1) is 6.63. The van der Waals surface area contributed by atoms with E-state index in [9.17, 15) is 5.11 Å². The topological polar surface area (TPSA) is 35.5 Å². The molecule has 1 aliphatic heterocycles. The van der Waals surface area contributed by atoms with Crippen LogP contribution in [0.5, 0.6) is 0 Å². The Hall–Kier alpha value is -0.120. The zero-order valence-corrected chi connectivity index (χ0v) is 9.66. The molecule has 0 radical (unpaired) electrons.